The first kappa shape index (κ1) is 18.9. The van der Waals surface area contributed by atoms with Crippen LogP contribution in [-0.4, -0.2) is 52.6 Å². The Hall–Kier alpha value is -2.42. The quantitative estimate of drug-likeness (QED) is 0.594. The van der Waals surface area contributed by atoms with E-state index in [1.807, 2.05) is 28.4 Å². The Morgan fingerprint density at radius 2 is 1.89 bits per heavy atom. The average Bonchev–Trinajstić information content (AvgIpc) is 3.34. The summed E-state index contributed by atoms with van der Waals surface area (Å²) >= 11 is 5.54. The lowest BCUT2D eigenvalue weighted by atomic mass is 10.2. The second-order valence-electron chi connectivity index (χ2n) is 7.06. The minimum atomic E-state index is 0.610. The van der Waals surface area contributed by atoms with Gasteiger partial charge in [0.2, 0.25) is 0 Å². The van der Waals surface area contributed by atoms with Gasteiger partial charge in [-0.05, 0) is 49.1 Å². The normalized spacial score (nSPS) is 14.8. The summed E-state index contributed by atoms with van der Waals surface area (Å²) in [6, 6.07) is 12.5. The molecule has 1 aromatic carbocycles. The van der Waals surface area contributed by atoms with E-state index in [2.05, 4.69) is 46.2 Å². The summed E-state index contributed by atoms with van der Waals surface area (Å²) in [5.41, 5.74) is 2.51. The van der Waals surface area contributed by atoms with Crippen molar-refractivity contribution in [3.63, 3.8) is 0 Å². The smallest absolute Gasteiger partial charge is 0.199 e. The van der Waals surface area contributed by atoms with Gasteiger partial charge in [-0.25, -0.2) is 4.68 Å². The molecule has 3 heterocycles. The van der Waals surface area contributed by atoms with E-state index in [0.29, 0.717) is 17.2 Å². The molecule has 0 bridgehead atoms. The molecule has 1 aliphatic rings. The highest BCUT2D eigenvalue weighted by Crippen LogP contribution is 2.19. The Bertz CT molecular complexity index is 956. The maximum absolute atomic E-state index is 5.54. The molecule has 0 atom stereocenters. The van der Waals surface area contributed by atoms with Crippen LogP contribution in [0.15, 0.2) is 47.1 Å². The van der Waals surface area contributed by atoms with Crippen LogP contribution in [0.3, 0.4) is 0 Å². The lowest BCUT2D eigenvalue weighted by Crippen LogP contribution is -2.36. The van der Waals surface area contributed by atoms with E-state index in [-0.39, 0.29) is 0 Å². The predicted octanol–water partition coefficient (Wildman–Crippen LogP) is 3.14. The third kappa shape index (κ3) is 4.04. The van der Waals surface area contributed by atoms with Gasteiger partial charge in [0.15, 0.2) is 16.4 Å². The van der Waals surface area contributed by atoms with E-state index in [0.717, 1.165) is 38.7 Å². The molecule has 2 aromatic heterocycles. The molecule has 0 saturated carbocycles. The Morgan fingerprint density at radius 3 is 2.57 bits per heavy atom. The summed E-state index contributed by atoms with van der Waals surface area (Å²) in [6.07, 6.45) is 1.64. The van der Waals surface area contributed by atoms with Crippen LogP contribution in [0.1, 0.15) is 5.56 Å². The van der Waals surface area contributed by atoms with Gasteiger partial charge in [0.1, 0.15) is 0 Å². The minimum Gasteiger partial charge on any atom is -0.461 e. The monoisotopic (exact) mass is 399 g/mol. The fourth-order valence-electron chi connectivity index (χ4n) is 3.42. The Labute approximate surface area is 169 Å². The SMILES string of the molecule is CN(Cc1ccc(N2CCOCC2)cc1)Cn1nc(-c2ccco2)n(C)c1=S. The van der Waals surface area contributed by atoms with Gasteiger partial charge in [0.05, 0.1) is 26.1 Å². The van der Waals surface area contributed by atoms with Gasteiger partial charge in [0, 0.05) is 32.4 Å². The van der Waals surface area contributed by atoms with Gasteiger partial charge >= 0.3 is 0 Å². The van der Waals surface area contributed by atoms with Crippen molar-refractivity contribution >= 4 is 17.9 Å². The standard InChI is InChI=1S/C20H25N5O2S/c1-22(14-16-5-7-17(8-6-16)24-9-12-26-13-10-24)15-25-20(28)23(2)19(21-25)18-4-3-11-27-18/h3-8,11H,9-10,12-15H2,1-2H3. The Kier molecular flexibility index (Phi) is 5.61. The van der Waals surface area contributed by atoms with Crippen molar-refractivity contribution in [1.82, 2.24) is 19.2 Å². The summed E-state index contributed by atoms with van der Waals surface area (Å²) < 4.78 is 15.3. The van der Waals surface area contributed by atoms with E-state index in [1.54, 1.807) is 6.26 Å². The molecule has 0 radical (unpaired) electrons. The van der Waals surface area contributed by atoms with Crippen LogP contribution in [0.25, 0.3) is 11.6 Å². The molecule has 0 amide bonds. The van der Waals surface area contributed by atoms with Gasteiger partial charge in [0.25, 0.3) is 0 Å². The van der Waals surface area contributed by atoms with Crippen LogP contribution in [0.5, 0.6) is 0 Å². The summed E-state index contributed by atoms with van der Waals surface area (Å²) in [4.78, 5) is 4.55. The second-order valence-corrected chi connectivity index (χ2v) is 7.43. The van der Waals surface area contributed by atoms with E-state index in [4.69, 9.17) is 21.4 Å². The number of ether oxygens (including phenoxy) is 1. The maximum Gasteiger partial charge on any atom is 0.199 e. The van der Waals surface area contributed by atoms with E-state index >= 15 is 0 Å². The zero-order valence-corrected chi connectivity index (χ0v) is 17.1. The summed E-state index contributed by atoms with van der Waals surface area (Å²) in [7, 11) is 3.98. The van der Waals surface area contributed by atoms with Crippen molar-refractivity contribution in [3.8, 4) is 11.6 Å². The molecule has 1 fully saturated rings. The van der Waals surface area contributed by atoms with Crippen LogP contribution < -0.4 is 4.90 Å². The summed E-state index contributed by atoms with van der Waals surface area (Å²) in [6.45, 7) is 4.94. The maximum atomic E-state index is 5.54. The molecule has 0 aliphatic carbocycles. The van der Waals surface area contributed by atoms with E-state index < -0.39 is 0 Å². The molecular formula is C20H25N5O2S. The number of nitrogens with zero attached hydrogens (tertiary/aromatic N) is 5. The van der Waals surface area contributed by atoms with Crippen molar-refractivity contribution in [2.75, 3.05) is 38.3 Å². The fourth-order valence-corrected chi connectivity index (χ4v) is 3.61. The number of hydrogen-bond acceptors (Lipinski definition) is 6. The molecule has 1 saturated heterocycles. The molecular weight excluding hydrogens is 374 g/mol. The molecule has 7 nitrogen and oxygen atoms in total. The molecule has 1 aliphatic heterocycles. The van der Waals surface area contributed by atoms with E-state index in [1.165, 1.54) is 11.3 Å². The van der Waals surface area contributed by atoms with Crippen molar-refractivity contribution < 1.29 is 9.15 Å². The molecule has 28 heavy (non-hydrogen) atoms. The van der Waals surface area contributed by atoms with Crippen molar-refractivity contribution in [2.24, 2.45) is 7.05 Å². The van der Waals surface area contributed by atoms with Crippen molar-refractivity contribution in [1.29, 1.82) is 0 Å². The van der Waals surface area contributed by atoms with E-state index in [9.17, 15) is 0 Å². The number of hydrogen-bond donors (Lipinski definition) is 0. The molecule has 148 valence electrons. The predicted molar refractivity (Wildman–Crippen MR) is 111 cm³/mol. The average molecular weight is 400 g/mol. The van der Waals surface area contributed by atoms with Crippen molar-refractivity contribution in [2.45, 2.75) is 13.2 Å². The van der Waals surface area contributed by atoms with Gasteiger partial charge in [-0.15, -0.1) is 5.10 Å². The number of rotatable bonds is 6. The lowest BCUT2D eigenvalue weighted by molar-refractivity contribution is 0.122. The second kappa shape index (κ2) is 8.30. The highest BCUT2D eigenvalue weighted by Gasteiger charge is 2.14. The highest BCUT2D eigenvalue weighted by atomic mass is 32.1. The highest BCUT2D eigenvalue weighted by molar-refractivity contribution is 7.71. The summed E-state index contributed by atoms with van der Waals surface area (Å²) in [5, 5.41) is 4.63. The molecule has 8 heteroatoms. The minimum absolute atomic E-state index is 0.610. The molecule has 0 N–H and O–H groups in total. The van der Waals surface area contributed by atoms with Crippen LogP contribution >= 0.6 is 12.2 Å². The van der Waals surface area contributed by atoms with Gasteiger partial charge in [-0.3, -0.25) is 4.90 Å². The Balaban J connectivity index is 1.41. The number of morpholine rings is 1. The largest absolute Gasteiger partial charge is 0.461 e. The molecule has 0 unspecified atom stereocenters. The van der Waals surface area contributed by atoms with Crippen LogP contribution in [0, 0.1) is 4.77 Å². The first-order valence-electron chi connectivity index (χ1n) is 9.40. The van der Waals surface area contributed by atoms with Gasteiger partial charge < -0.3 is 18.6 Å². The topological polar surface area (TPSA) is 51.6 Å². The number of anilines is 1. The van der Waals surface area contributed by atoms with Gasteiger partial charge in [-0.1, -0.05) is 12.1 Å². The third-order valence-electron chi connectivity index (χ3n) is 4.92. The van der Waals surface area contributed by atoms with Gasteiger partial charge in [-0.2, -0.15) is 0 Å². The first-order valence-corrected chi connectivity index (χ1v) is 9.80. The molecule has 0 spiro atoms. The van der Waals surface area contributed by atoms with Crippen LogP contribution in [0.4, 0.5) is 5.69 Å². The molecule has 4 rings (SSSR count). The van der Waals surface area contributed by atoms with Crippen LogP contribution in [0.2, 0.25) is 0 Å². The zero-order chi connectivity index (χ0) is 19.5. The molecule has 3 aromatic rings. The third-order valence-corrected chi connectivity index (χ3v) is 5.41. The number of furan rings is 1. The number of benzene rings is 1. The fraction of sp³-hybridized carbons (Fsp3) is 0.400. The summed E-state index contributed by atoms with van der Waals surface area (Å²) in [5.74, 6) is 1.45. The Morgan fingerprint density at radius 1 is 1.14 bits per heavy atom. The lowest BCUT2D eigenvalue weighted by Gasteiger charge is -2.29. The number of aromatic nitrogens is 3. The first-order chi connectivity index (χ1) is 13.6. The zero-order valence-electron chi connectivity index (χ0n) is 16.2. The van der Waals surface area contributed by atoms with Crippen molar-refractivity contribution in [3.05, 3.63) is 53.0 Å². The van der Waals surface area contributed by atoms with Crippen LogP contribution in [-0.2, 0) is 25.0 Å².